The quantitative estimate of drug-likeness (QED) is 0.508. The summed E-state index contributed by atoms with van der Waals surface area (Å²) in [5.74, 6) is -0.0605. The van der Waals surface area contributed by atoms with Gasteiger partial charge in [0.25, 0.3) is 5.91 Å². The van der Waals surface area contributed by atoms with Gasteiger partial charge in [0.05, 0.1) is 35.9 Å². The second kappa shape index (κ2) is 11.5. The van der Waals surface area contributed by atoms with Crippen molar-refractivity contribution >= 4 is 40.8 Å². The van der Waals surface area contributed by atoms with E-state index in [0.717, 1.165) is 6.42 Å². The number of methoxy groups -OCH3 is 1. The summed E-state index contributed by atoms with van der Waals surface area (Å²) in [6.45, 7) is 4.10. The van der Waals surface area contributed by atoms with E-state index < -0.39 is 18.5 Å². The summed E-state index contributed by atoms with van der Waals surface area (Å²) in [6.07, 6.45) is 0.792. The number of esters is 1. The molecule has 0 fully saturated rings. The number of anilines is 1. The van der Waals surface area contributed by atoms with Crippen LogP contribution in [0.5, 0.6) is 17.2 Å². The molecule has 1 amide bonds. The Hall–Kier alpha value is -2.64. The fourth-order valence-electron chi connectivity index (χ4n) is 2.45. The fourth-order valence-corrected chi connectivity index (χ4v) is 2.97. The minimum Gasteiger partial charge on any atom is -0.495 e. The molecule has 7 nitrogen and oxygen atoms in total. The summed E-state index contributed by atoms with van der Waals surface area (Å²) < 4.78 is 21.3. The van der Waals surface area contributed by atoms with Crippen molar-refractivity contribution in [3.8, 4) is 17.2 Å². The average molecular weight is 456 g/mol. The van der Waals surface area contributed by atoms with E-state index in [0.29, 0.717) is 41.2 Å². The van der Waals surface area contributed by atoms with Gasteiger partial charge in [-0.15, -0.1) is 0 Å². The van der Waals surface area contributed by atoms with E-state index in [-0.39, 0.29) is 10.6 Å². The van der Waals surface area contributed by atoms with Crippen LogP contribution < -0.4 is 19.5 Å². The van der Waals surface area contributed by atoms with Crippen molar-refractivity contribution in [2.45, 2.75) is 20.3 Å². The third-order valence-electron chi connectivity index (χ3n) is 3.77. The molecule has 2 aromatic carbocycles. The highest BCUT2D eigenvalue weighted by Crippen LogP contribution is 2.37. The van der Waals surface area contributed by atoms with Crippen LogP contribution in [0.2, 0.25) is 10.0 Å². The van der Waals surface area contributed by atoms with Gasteiger partial charge in [-0.3, -0.25) is 4.79 Å². The van der Waals surface area contributed by atoms with Gasteiger partial charge in [-0.25, -0.2) is 4.79 Å². The van der Waals surface area contributed by atoms with Gasteiger partial charge >= 0.3 is 5.97 Å². The highest BCUT2D eigenvalue weighted by molar-refractivity contribution is 6.33. The predicted octanol–water partition coefficient (Wildman–Crippen LogP) is 4.99. The second-order valence-electron chi connectivity index (χ2n) is 6.04. The van der Waals surface area contributed by atoms with E-state index in [9.17, 15) is 9.59 Å². The van der Waals surface area contributed by atoms with Crippen LogP contribution in [0, 0.1) is 0 Å². The van der Waals surface area contributed by atoms with Crippen LogP contribution in [0.3, 0.4) is 0 Å². The Morgan fingerprint density at radius 2 is 1.77 bits per heavy atom. The molecule has 0 aromatic heterocycles. The number of benzene rings is 2. The van der Waals surface area contributed by atoms with Crippen LogP contribution in [-0.2, 0) is 9.53 Å². The van der Waals surface area contributed by atoms with E-state index in [1.54, 1.807) is 19.1 Å². The van der Waals surface area contributed by atoms with E-state index in [1.165, 1.54) is 25.3 Å². The van der Waals surface area contributed by atoms with Crippen molar-refractivity contribution in [3.05, 3.63) is 45.9 Å². The first-order chi connectivity index (χ1) is 14.4. The second-order valence-corrected chi connectivity index (χ2v) is 6.85. The van der Waals surface area contributed by atoms with Crippen LogP contribution in [-0.4, -0.2) is 38.8 Å². The molecule has 0 atom stereocenters. The van der Waals surface area contributed by atoms with Crippen molar-refractivity contribution in [2.24, 2.45) is 0 Å². The molecule has 2 aromatic rings. The molecule has 0 bridgehead atoms. The number of carbonyl (C=O) groups excluding carboxylic acids is 2. The van der Waals surface area contributed by atoms with Crippen LogP contribution in [0.25, 0.3) is 0 Å². The van der Waals surface area contributed by atoms with E-state index in [2.05, 4.69) is 5.32 Å². The first-order valence-electron chi connectivity index (χ1n) is 9.29. The SMILES string of the molecule is CCCOc1c(Cl)cc(C(=O)OCC(=O)Nc2ccc(OC)c(Cl)c2)cc1OCC. The van der Waals surface area contributed by atoms with Crippen molar-refractivity contribution in [2.75, 3.05) is 32.2 Å². The van der Waals surface area contributed by atoms with E-state index in [1.807, 2.05) is 6.92 Å². The monoisotopic (exact) mass is 455 g/mol. The smallest absolute Gasteiger partial charge is 0.338 e. The maximum Gasteiger partial charge on any atom is 0.338 e. The molecule has 0 aliphatic rings. The third-order valence-corrected chi connectivity index (χ3v) is 4.34. The molecule has 0 saturated carbocycles. The Morgan fingerprint density at radius 1 is 1.00 bits per heavy atom. The number of hydrogen-bond acceptors (Lipinski definition) is 6. The molecule has 0 saturated heterocycles. The lowest BCUT2D eigenvalue weighted by Crippen LogP contribution is -2.21. The number of nitrogens with one attached hydrogen (secondary N) is 1. The molecule has 1 N–H and O–H groups in total. The molecule has 30 heavy (non-hydrogen) atoms. The lowest BCUT2D eigenvalue weighted by atomic mass is 10.2. The Bertz CT molecular complexity index is 903. The Balaban J connectivity index is 2.02. The lowest BCUT2D eigenvalue weighted by molar-refractivity contribution is -0.119. The third kappa shape index (κ3) is 6.43. The van der Waals surface area contributed by atoms with Crippen molar-refractivity contribution in [1.29, 1.82) is 0 Å². The molecular formula is C21H23Cl2NO6. The number of carbonyl (C=O) groups is 2. The van der Waals surface area contributed by atoms with Crippen LogP contribution >= 0.6 is 23.2 Å². The zero-order valence-corrected chi connectivity index (χ0v) is 18.4. The minimum atomic E-state index is -0.720. The van der Waals surface area contributed by atoms with Crippen LogP contribution in [0.4, 0.5) is 5.69 Å². The minimum absolute atomic E-state index is 0.146. The average Bonchev–Trinajstić information content (AvgIpc) is 2.71. The molecule has 162 valence electrons. The molecule has 2 rings (SSSR count). The van der Waals surface area contributed by atoms with Gasteiger partial charge in [0.15, 0.2) is 18.1 Å². The summed E-state index contributed by atoms with van der Waals surface area (Å²) in [5, 5.41) is 3.15. The van der Waals surface area contributed by atoms with Gasteiger partial charge in [0.1, 0.15) is 5.75 Å². The summed E-state index contributed by atoms with van der Waals surface area (Å²) in [6, 6.07) is 7.66. The Kier molecular flexibility index (Phi) is 9.08. The zero-order valence-electron chi connectivity index (χ0n) is 16.9. The first kappa shape index (κ1) is 23.6. The largest absolute Gasteiger partial charge is 0.495 e. The number of rotatable bonds is 10. The number of halogens is 2. The van der Waals surface area contributed by atoms with Crippen LogP contribution in [0.15, 0.2) is 30.3 Å². The summed E-state index contributed by atoms with van der Waals surface area (Å²) in [4.78, 5) is 24.5. The van der Waals surface area contributed by atoms with Gasteiger partial charge in [0.2, 0.25) is 0 Å². The van der Waals surface area contributed by atoms with Gasteiger partial charge in [0, 0.05) is 5.69 Å². The predicted molar refractivity (Wildman–Crippen MR) is 115 cm³/mol. The van der Waals surface area contributed by atoms with Crippen LogP contribution in [0.1, 0.15) is 30.6 Å². The fraction of sp³-hybridized carbons (Fsp3) is 0.333. The number of ether oxygens (including phenoxy) is 4. The number of hydrogen-bond donors (Lipinski definition) is 1. The normalized spacial score (nSPS) is 10.3. The topological polar surface area (TPSA) is 83.1 Å². The number of amides is 1. The Morgan fingerprint density at radius 3 is 2.40 bits per heavy atom. The highest BCUT2D eigenvalue weighted by Gasteiger charge is 2.18. The standard InChI is InChI=1S/C21H23Cl2NO6/c1-4-8-29-20-16(23)9-13(10-18(20)28-5-2)21(26)30-12-19(25)24-14-6-7-17(27-3)15(22)11-14/h6-7,9-11H,4-5,8,12H2,1-3H3,(H,24,25). The van der Waals surface area contributed by atoms with Gasteiger partial charge in [-0.2, -0.15) is 0 Å². The summed E-state index contributed by atoms with van der Waals surface area (Å²) >= 11 is 12.3. The Labute approximate surface area is 185 Å². The molecule has 0 spiro atoms. The van der Waals surface area contributed by atoms with Gasteiger partial charge in [-0.05, 0) is 43.7 Å². The molecule has 0 aliphatic carbocycles. The molecular weight excluding hydrogens is 433 g/mol. The van der Waals surface area contributed by atoms with Gasteiger partial charge < -0.3 is 24.3 Å². The summed E-state index contributed by atoms with van der Waals surface area (Å²) in [7, 11) is 1.49. The van der Waals surface area contributed by atoms with Gasteiger partial charge in [-0.1, -0.05) is 30.1 Å². The lowest BCUT2D eigenvalue weighted by Gasteiger charge is -2.14. The maximum absolute atomic E-state index is 12.4. The van der Waals surface area contributed by atoms with Crippen molar-refractivity contribution < 1.29 is 28.5 Å². The maximum atomic E-state index is 12.4. The van der Waals surface area contributed by atoms with E-state index >= 15 is 0 Å². The van der Waals surface area contributed by atoms with Crippen molar-refractivity contribution in [3.63, 3.8) is 0 Å². The summed E-state index contributed by atoms with van der Waals surface area (Å²) in [5.41, 5.74) is 0.591. The molecule has 0 heterocycles. The molecule has 0 radical (unpaired) electrons. The molecule has 9 heteroatoms. The molecule has 0 unspecified atom stereocenters. The first-order valence-corrected chi connectivity index (χ1v) is 10.0. The zero-order chi connectivity index (χ0) is 22.1. The van der Waals surface area contributed by atoms with E-state index in [4.69, 9.17) is 42.1 Å². The van der Waals surface area contributed by atoms with Crippen molar-refractivity contribution in [1.82, 2.24) is 0 Å². The highest BCUT2D eigenvalue weighted by atomic mass is 35.5. The molecule has 0 aliphatic heterocycles.